The van der Waals surface area contributed by atoms with Crippen LogP contribution < -0.4 is 15.0 Å². The van der Waals surface area contributed by atoms with Gasteiger partial charge in [-0.1, -0.05) is 24.3 Å². The lowest BCUT2D eigenvalue weighted by molar-refractivity contribution is -0.145. The maximum absolute atomic E-state index is 14.2. The molecular formula is C21H17FN2O5S. The van der Waals surface area contributed by atoms with Crippen molar-refractivity contribution < 1.29 is 28.2 Å². The molecule has 2 aromatic carbocycles. The summed E-state index contributed by atoms with van der Waals surface area (Å²) in [5.74, 6) is -2.14. The Morgan fingerprint density at radius 2 is 1.87 bits per heavy atom. The number of nitrogens with zero attached hydrogens (tertiary/aromatic N) is 1. The van der Waals surface area contributed by atoms with Crippen LogP contribution in [0.1, 0.15) is 12.5 Å². The summed E-state index contributed by atoms with van der Waals surface area (Å²) in [6.07, 6.45) is 1.36. The van der Waals surface area contributed by atoms with Crippen LogP contribution in [0.25, 0.3) is 6.08 Å². The van der Waals surface area contributed by atoms with Gasteiger partial charge in [0.05, 0.1) is 12.3 Å². The molecule has 9 heteroatoms. The number of carbonyl (C=O) groups is 3. The number of para-hydroxylation sites is 1. The summed E-state index contributed by atoms with van der Waals surface area (Å²) in [6, 6.07) is 12.0. The summed E-state index contributed by atoms with van der Waals surface area (Å²) < 4.78 is 24.2. The van der Waals surface area contributed by atoms with E-state index in [1.165, 1.54) is 24.3 Å². The Morgan fingerprint density at radius 3 is 2.53 bits per heavy atom. The molecule has 2 amide bonds. The van der Waals surface area contributed by atoms with Crippen LogP contribution in [0.15, 0.2) is 54.1 Å². The first-order valence-corrected chi connectivity index (χ1v) is 9.36. The van der Waals surface area contributed by atoms with Crippen LogP contribution in [0.5, 0.6) is 5.75 Å². The fourth-order valence-electron chi connectivity index (χ4n) is 2.68. The van der Waals surface area contributed by atoms with Gasteiger partial charge in [0.25, 0.3) is 11.8 Å². The van der Waals surface area contributed by atoms with E-state index >= 15 is 0 Å². The second-order valence-electron chi connectivity index (χ2n) is 6.07. The molecular weight excluding hydrogens is 411 g/mol. The summed E-state index contributed by atoms with van der Waals surface area (Å²) in [6.45, 7) is 1.73. The summed E-state index contributed by atoms with van der Waals surface area (Å²) in [7, 11) is 0. The molecule has 1 aliphatic heterocycles. The standard InChI is InChI=1S/C21H17FN2O5S/c1-2-28-18(25)12-29-14-9-7-13(8-10-14)11-15-19(26)23-21(30)24(20(15)27)17-6-4-3-5-16(17)22/h3-11H,2,12H2,1H3,(H,23,26,30)/b15-11+. The van der Waals surface area contributed by atoms with Gasteiger partial charge >= 0.3 is 5.97 Å². The number of carbonyl (C=O) groups excluding carboxylic acids is 3. The van der Waals surface area contributed by atoms with Crippen molar-refractivity contribution in [3.05, 3.63) is 65.5 Å². The smallest absolute Gasteiger partial charge is 0.344 e. The van der Waals surface area contributed by atoms with Crippen LogP contribution >= 0.6 is 12.2 Å². The van der Waals surface area contributed by atoms with Crippen LogP contribution in [-0.2, 0) is 19.1 Å². The van der Waals surface area contributed by atoms with E-state index < -0.39 is 23.6 Å². The molecule has 154 valence electrons. The first kappa shape index (κ1) is 21.1. The highest BCUT2D eigenvalue weighted by Crippen LogP contribution is 2.25. The van der Waals surface area contributed by atoms with Crippen molar-refractivity contribution in [2.24, 2.45) is 0 Å². The number of halogens is 1. The third-order valence-corrected chi connectivity index (χ3v) is 4.33. The molecule has 0 aromatic heterocycles. The van der Waals surface area contributed by atoms with E-state index in [2.05, 4.69) is 5.32 Å². The summed E-state index contributed by atoms with van der Waals surface area (Å²) in [5, 5.41) is 2.20. The maximum atomic E-state index is 14.2. The molecule has 0 radical (unpaired) electrons. The van der Waals surface area contributed by atoms with Gasteiger partial charge in [-0.15, -0.1) is 0 Å². The van der Waals surface area contributed by atoms with Crippen LogP contribution in [0.4, 0.5) is 10.1 Å². The topological polar surface area (TPSA) is 84.9 Å². The van der Waals surface area contributed by atoms with Gasteiger partial charge in [-0.3, -0.25) is 14.9 Å². The van der Waals surface area contributed by atoms with E-state index in [-0.39, 0.29) is 29.6 Å². The molecule has 2 aromatic rings. The SMILES string of the molecule is CCOC(=O)COc1ccc(/C=C2\C(=O)NC(=S)N(c3ccccc3F)C2=O)cc1. The molecule has 7 nitrogen and oxygen atoms in total. The highest BCUT2D eigenvalue weighted by atomic mass is 32.1. The lowest BCUT2D eigenvalue weighted by atomic mass is 10.1. The number of benzene rings is 2. The Hall–Kier alpha value is -3.59. The maximum Gasteiger partial charge on any atom is 0.344 e. The van der Waals surface area contributed by atoms with Crippen LogP contribution in [0.3, 0.4) is 0 Å². The zero-order valence-electron chi connectivity index (χ0n) is 15.9. The van der Waals surface area contributed by atoms with Crippen LogP contribution in [0.2, 0.25) is 0 Å². The lowest BCUT2D eigenvalue weighted by Gasteiger charge is -2.29. The molecule has 1 fully saturated rings. The molecule has 0 bridgehead atoms. The highest BCUT2D eigenvalue weighted by molar-refractivity contribution is 7.80. The zero-order chi connectivity index (χ0) is 21.7. The van der Waals surface area contributed by atoms with Crippen molar-refractivity contribution >= 4 is 46.9 Å². The molecule has 1 N–H and O–H groups in total. The average molecular weight is 428 g/mol. The monoisotopic (exact) mass is 428 g/mol. The molecule has 1 heterocycles. The fraction of sp³-hybridized carbons (Fsp3) is 0.143. The van der Waals surface area contributed by atoms with E-state index in [0.717, 1.165) is 4.90 Å². The molecule has 1 aliphatic rings. The van der Waals surface area contributed by atoms with E-state index in [1.54, 1.807) is 37.3 Å². The molecule has 0 unspecified atom stereocenters. The van der Waals surface area contributed by atoms with Crippen LogP contribution in [0, 0.1) is 5.82 Å². The molecule has 30 heavy (non-hydrogen) atoms. The lowest BCUT2D eigenvalue weighted by Crippen LogP contribution is -2.54. The number of nitrogens with one attached hydrogen (secondary N) is 1. The number of amides is 2. The van der Waals surface area contributed by atoms with Gasteiger partial charge in [0, 0.05) is 0 Å². The van der Waals surface area contributed by atoms with Crippen molar-refractivity contribution in [2.75, 3.05) is 18.1 Å². The van der Waals surface area contributed by atoms with Crippen molar-refractivity contribution in [2.45, 2.75) is 6.92 Å². The van der Waals surface area contributed by atoms with Gasteiger partial charge in [-0.05, 0) is 55.0 Å². The number of ether oxygens (including phenoxy) is 2. The number of thiocarbonyl (C=S) groups is 1. The molecule has 1 saturated heterocycles. The largest absolute Gasteiger partial charge is 0.482 e. The molecule has 3 rings (SSSR count). The van der Waals surface area contributed by atoms with Crippen molar-refractivity contribution in [1.82, 2.24) is 5.32 Å². The Kier molecular flexibility index (Phi) is 6.53. The van der Waals surface area contributed by atoms with Crippen molar-refractivity contribution in [3.63, 3.8) is 0 Å². The number of hydrogen-bond donors (Lipinski definition) is 1. The van der Waals surface area contributed by atoms with Gasteiger partial charge < -0.3 is 9.47 Å². The third-order valence-electron chi connectivity index (χ3n) is 4.05. The molecule has 0 spiro atoms. The normalized spacial score (nSPS) is 15.2. The number of rotatable bonds is 6. The van der Waals surface area contributed by atoms with Crippen molar-refractivity contribution in [3.8, 4) is 5.75 Å². The molecule has 0 atom stereocenters. The van der Waals surface area contributed by atoms with Gasteiger partial charge in [0.2, 0.25) is 0 Å². The first-order chi connectivity index (χ1) is 14.4. The van der Waals surface area contributed by atoms with Crippen LogP contribution in [-0.4, -0.2) is 36.1 Å². The Labute approximate surface area is 177 Å². The van der Waals surface area contributed by atoms with E-state index in [1.807, 2.05) is 0 Å². The molecule has 0 saturated carbocycles. The zero-order valence-corrected chi connectivity index (χ0v) is 16.7. The van der Waals surface area contributed by atoms with E-state index in [0.29, 0.717) is 11.3 Å². The predicted molar refractivity (Wildman–Crippen MR) is 111 cm³/mol. The molecule has 0 aliphatic carbocycles. The highest BCUT2D eigenvalue weighted by Gasteiger charge is 2.35. The number of anilines is 1. The second-order valence-corrected chi connectivity index (χ2v) is 6.46. The first-order valence-electron chi connectivity index (χ1n) is 8.95. The fourth-order valence-corrected chi connectivity index (χ4v) is 2.96. The second kappa shape index (κ2) is 9.27. The summed E-state index contributed by atoms with van der Waals surface area (Å²) in [5.41, 5.74) is 0.270. The Morgan fingerprint density at radius 1 is 1.17 bits per heavy atom. The van der Waals surface area contributed by atoms with Gasteiger partial charge in [0.15, 0.2) is 11.7 Å². The van der Waals surface area contributed by atoms with Crippen molar-refractivity contribution in [1.29, 1.82) is 0 Å². The van der Waals surface area contributed by atoms with E-state index in [4.69, 9.17) is 21.7 Å². The van der Waals surface area contributed by atoms with E-state index in [9.17, 15) is 18.8 Å². The Balaban J connectivity index is 1.81. The predicted octanol–water partition coefficient (Wildman–Crippen LogP) is 2.60. The quantitative estimate of drug-likeness (QED) is 0.330. The van der Waals surface area contributed by atoms with Gasteiger partial charge in [-0.2, -0.15) is 0 Å². The summed E-state index contributed by atoms with van der Waals surface area (Å²) >= 11 is 5.05. The van der Waals surface area contributed by atoms with Gasteiger partial charge in [0.1, 0.15) is 17.1 Å². The third kappa shape index (κ3) is 4.69. The minimum atomic E-state index is -0.739. The summed E-state index contributed by atoms with van der Waals surface area (Å²) in [4.78, 5) is 37.5. The minimum absolute atomic E-state index is 0.0545. The van der Waals surface area contributed by atoms with Gasteiger partial charge in [-0.25, -0.2) is 14.1 Å². The average Bonchev–Trinajstić information content (AvgIpc) is 2.72. The number of hydrogen-bond acceptors (Lipinski definition) is 6. The minimum Gasteiger partial charge on any atom is -0.482 e. The number of esters is 1. The Bertz CT molecular complexity index is 1040.